The standard InChI is InChI=1S/C18H21N3O2S/c22-17(14-7-9-23-12-14)20-18-19-15-6-8-21(11-16(15)24-18)10-13-4-2-1-3-5-13/h1-5,14H,6-12H2,(H,19,20,22)/t14-/m1/s1. The monoisotopic (exact) mass is 343 g/mol. The zero-order valence-electron chi connectivity index (χ0n) is 13.5. The average Bonchev–Trinajstić information content (AvgIpc) is 3.24. The van der Waals surface area contributed by atoms with Crippen LogP contribution < -0.4 is 5.32 Å². The summed E-state index contributed by atoms with van der Waals surface area (Å²) in [4.78, 5) is 20.5. The van der Waals surface area contributed by atoms with Crippen molar-refractivity contribution in [2.24, 2.45) is 5.92 Å². The van der Waals surface area contributed by atoms with Crippen molar-refractivity contribution in [3.8, 4) is 0 Å². The predicted molar refractivity (Wildman–Crippen MR) is 93.9 cm³/mol. The van der Waals surface area contributed by atoms with Crippen LogP contribution in [0.5, 0.6) is 0 Å². The van der Waals surface area contributed by atoms with Crippen LogP contribution in [0, 0.1) is 5.92 Å². The van der Waals surface area contributed by atoms with Gasteiger partial charge in [-0.1, -0.05) is 30.3 Å². The normalized spacial score (nSPS) is 20.8. The minimum atomic E-state index is -0.0273. The van der Waals surface area contributed by atoms with E-state index in [1.807, 2.05) is 6.07 Å². The topological polar surface area (TPSA) is 54.5 Å². The third-order valence-electron chi connectivity index (χ3n) is 4.59. The van der Waals surface area contributed by atoms with Gasteiger partial charge < -0.3 is 10.1 Å². The van der Waals surface area contributed by atoms with Gasteiger partial charge in [-0.2, -0.15) is 0 Å². The van der Waals surface area contributed by atoms with Gasteiger partial charge in [0.1, 0.15) is 0 Å². The molecular formula is C18H21N3O2S. The van der Waals surface area contributed by atoms with Gasteiger partial charge in [0, 0.05) is 37.5 Å². The molecule has 0 radical (unpaired) electrons. The summed E-state index contributed by atoms with van der Waals surface area (Å²) in [7, 11) is 0. The lowest BCUT2D eigenvalue weighted by molar-refractivity contribution is -0.119. The lowest BCUT2D eigenvalue weighted by Gasteiger charge is -2.25. The smallest absolute Gasteiger partial charge is 0.231 e. The molecule has 0 unspecified atom stereocenters. The van der Waals surface area contributed by atoms with Crippen LogP contribution in [-0.4, -0.2) is 35.5 Å². The molecule has 2 aromatic rings. The summed E-state index contributed by atoms with van der Waals surface area (Å²) in [5.41, 5.74) is 2.47. The first-order chi connectivity index (χ1) is 11.8. The number of carbonyl (C=O) groups excluding carboxylic acids is 1. The molecule has 24 heavy (non-hydrogen) atoms. The summed E-state index contributed by atoms with van der Waals surface area (Å²) in [5.74, 6) is 0.0141. The fourth-order valence-corrected chi connectivity index (χ4v) is 4.28. The predicted octanol–water partition coefficient (Wildman–Crippen LogP) is 2.68. The van der Waals surface area contributed by atoms with E-state index in [1.54, 1.807) is 11.3 Å². The highest BCUT2D eigenvalue weighted by molar-refractivity contribution is 7.15. The van der Waals surface area contributed by atoms with Crippen molar-refractivity contribution in [3.63, 3.8) is 0 Å². The largest absolute Gasteiger partial charge is 0.381 e. The van der Waals surface area contributed by atoms with Crippen molar-refractivity contribution in [1.29, 1.82) is 0 Å². The summed E-state index contributed by atoms with van der Waals surface area (Å²) in [6, 6.07) is 10.5. The second-order valence-corrected chi connectivity index (χ2v) is 7.47. The third-order valence-corrected chi connectivity index (χ3v) is 5.59. The van der Waals surface area contributed by atoms with Crippen molar-refractivity contribution in [1.82, 2.24) is 9.88 Å². The Bertz CT molecular complexity index is 710. The summed E-state index contributed by atoms with van der Waals surface area (Å²) >= 11 is 1.61. The summed E-state index contributed by atoms with van der Waals surface area (Å²) in [6.07, 6.45) is 1.75. The van der Waals surface area contributed by atoms with Crippen molar-refractivity contribution in [3.05, 3.63) is 46.5 Å². The Balaban J connectivity index is 1.39. The molecule has 2 aliphatic heterocycles. The summed E-state index contributed by atoms with van der Waals surface area (Å²) < 4.78 is 5.28. The Morgan fingerprint density at radius 2 is 2.25 bits per heavy atom. The second kappa shape index (κ2) is 7.01. The van der Waals surface area contributed by atoms with Crippen LogP contribution in [-0.2, 0) is 29.0 Å². The highest BCUT2D eigenvalue weighted by Crippen LogP contribution is 2.29. The molecule has 4 rings (SSSR count). The van der Waals surface area contributed by atoms with Gasteiger partial charge in [-0.25, -0.2) is 4.98 Å². The van der Waals surface area contributed by atoms with Crippen LogP contribution in [0.15, 0.2) is 30.3 Å². The number of hydrogen-bond donors (Lipinski definition) is 1. The number of fused-ring (bicyclic) bond motifs is 1. The van der Waals surface area contributed by atoms with E-state index < -0.39 is 0 Å². The Kier molecular flexibility index (Phi) is 4.60. The quantitative estimate of drug-likeness (QED) is 0.927. The molecule has 0 aliphatic carbocycles. The van der Waals surface area contributed by atoms with Gasteiger partial charge in [0.15, 0.2) is 5.13 Å². The van der Waals surface area contributed by atoms with E-state index in [9.17, 15) is 4.79 Å². The number of nitrogens with one attached hydrogen (secondary N) is 1. The first kappa shape index (κ1) is 15.7. The van der Waals surface area contributed by atoms with Gasteiger partial charge in [0.05, 0.1) is 18.2 Å². The van der Waals surface area contributed by atoms with Crippen LogP contribution >= 0.6 is 11.3 Å². The minimum absolute atomic E-state index is 0.0273. The molecule has 1 fully saturated rings. The Morgan fingerprint density at radius 3 is 3.04 bits per heavy atom. The minimum Gasteiger partial charge on any atom is -0.381 e. The van der Waals surface area contributed by atoms with E-state index in [0.29, 0.717) is 13.2 Å². The maximum atomic E-state index is 12.2. The van der Waals surface area contributed by atoms with Gasteiger partial charge in [0.25, 0.3) is 0 Å². The number of aromatic nitrogens is 1. The van der Waals surface area contributed by atoms with Crippen molar-refractivity contribution in [2.45, 2.75) is 25.9 Å². The van der Waals surface area contributed by atoms with Crippen LogP contribution in [0.25, 0.3) is 0 Å². The van der Waals surface area contributed by atoms with E-state index in [0.717, 1.165) is 43.3 Å². The number of carbonyl (C=O) groups is 1. The second-order valence-electron chi connectivity index (χ2n) is 6.38. The van der Waals surface area contributed by atoms with Gasteiger partial charge in [-0.3, -0.25) is 9.69 Å². The molecule has 1 N–H and O–H groups in total. The SMILES string of the molecule is O=C(Nc1nc2c(s1)CN(Cc1ccccc1)CC2)[C@@H]1CCOC1. The first-order valence-corrected chi connectivity index (χ1v) is 9.23. The molecule has 0 spiro atoms. The van der Waals surface area contributed by atoms with Crippen LogP contribution in [0.2, 0.25) is 0 Å². The number of thiazole rings is 1. The number of nitrogens with zero attached hydrogens (tertiary/aromatic N) is 2. The molecule has 3 heterocycles. The van der Waals surface area contributed by atoms with Crippen LogP contribution in [0.4, 0.5) is 5.13 Å². The Morgan fingerprint density at radius 1 is 1.38 bits per heavy atom. The fourth-order valence-electron chi connectivity index (χ4n) is 3.23. The molecule has 1 amide bonds. The Hall–Kier alpha value is -1.76. The van der Waals surface area contributed by atoms with Gasteiger partial charge >= 0.3 is 0 Å². The molecule has 1 atom stereocenters. The van der Waals surface area contributed by atoms with Gasteiger partial charge in [-0.15, -0.1) is 11.3 Å². The Labute approximate surface area is 145 Å². The number of hydrogen-bond acceptors (Lipinski definition) is 5. The zero-order valence-corrected chi connectivity index (χ0v) is 14.3. The first-order valence-electron chi connectivity index (χ1n) is 8.41. The summed E-state index contributed by atoms with van der Waals surface area (Å²) in [6.45, 7) is 4.09. The van der Waals surface area contributed by atoms with E-state index in [1.165, 1.54) is 10.4 Å². The molecule has 6 heteroatoms. The van der Waals surface area contributed by atoms with Crippen LogP contribution in [0.1, 0.15) is 22.6 Å². The van der Waals surface area contributed by atoms with Crippen molar-refractivity contribution >= 4 is 22.4 Å². The number of anilines is 1. The maximum Gasteiger partial charge on any atom is 0.231 e. The maximum absolute atomic E-state index is 12.2. The molecule has 2 aliphatic rings. The van der Waals surface area contributed by atoms with Gasteiger partial charge in [0.2, 0.25) is 5.91 Å². The number of benzene rings is 1. The molecule has 5 nitrogen and oxygen atoms in total. The molecule has 126 valence electrons. The average molecular weight is 343 g/mol. The van der Waals surface area contributed by atoms with E-state index in [4.69, 9.17) is 4.74 Å². The zero-order chi connectivity index (χ0) is 16.4. The third kappa shape index (κ3) is 3.50. The van der Waals surface area contributed by atoms with Crippen molar-refractivity contribution in [2.75, 3.05) is 25.1 Å². The van der Waals surface area contributed by atoms with E-state index in [2.05, 4.69) is 39.5 Å². The molecule has 1 aromatic heterocycles. The number of ether oxygens (including phenoxy) is 1. The summed E-state index contributed by atoms with van der Waals surface area (Å²) in [5, 5.41) is 3.71. The van der Waals surface area contributed by atoms with Crippen LogP contribution in [0.3, 0.4) is 0 Å². The molecule has 0 saturated carbocycles. The molecule has 0 bridgehead atoms. The lowest BCUT2D eigenvalue weighted by atomic mass is 10.1. The highest BCUT2D eigenvalue weighted by Gasteiger charge is 2.26. The number of amides is 1. The highest BCUT2D eigenvalue weighted by atomic mass is 32.1. The molecule has 1 saturated heterocycles. The lowest BCUT2D eigenvalue weighted by Crippen LogP contribution is -2.29. The van der Waals surface area contributed by atoms with E-state index >= 15 is 0 Å². The van der Waals surface area contributed by atoms with Crippen molar-refractivity contribution < 1.29 is 9.53 Å². The molecule has 1 aromatic carbocycles. The number of rotatable bonds is 4. The van der Waals surface area contributed by atoms with E-state index in [-0.39, 0.29) is 11.8 Å². The fraction of sp³-hybridized carbons (Fsp3) is 0.444. The van der Waals surface area contributed by atoms with Gasteiger partial charge in [-0.05, 0) is 12.0 Å². The molecular weight excluding hydrogens is 322 g/mol.